The molecule has 2 aromatic heterocycles. The van der Waals surface area contributed by atoms with Gasteiger partial charge in [0.25, 0.3) is 0 Å². The lowest BCUT2D eigenvalue weighted by Crippen LogP contribution is -2.03. The number of nitrogens with zero attached hydrogens (tertiary/aromatic N) is 4. The zero-order chi connectivity index (χ0) is 16.5. The van der Waals surface area contributed by atoms with E-state index < -0.39 is 0 Å². The molecule has 118 valence electrons. The Morgan fingerprint density at radius 1 is 1.00 bits per heavy atom. The van der Waals surface area contributed by atoms with Crippen LogP contribution in [-0.2, 0) is 6.54 Å². The van der Waals surface area contributed by atoms with Crippen molar-refractivity contribution in [3.8, 4) is 11.3 Å². The maximum Gasteiger partial charge on any atom is 0.164 e. The van der Waals surface area contributed by atoms with Crippen LogP contribution in [0.4, 0.5) is 10.2 Å². The fraction of sp³-hybridized carbons (Fsp3) is 0.0556. The number of rotatable bonds is 3. The van der Waals surface area contributed by atoms with E-state index in [0.717, 1.165) is 5.56 Å². The van der Waals surface area contributed by atoms with Gasteiger partial charge in [-0.15, -0.1) is 0 Å². The Hall–Kier alpha value is -3.28. The summed E-state index contributed by atoms with van der Waals surface area (Å²) in [5, 5.41) is 5.26. The van der Waals surface area contributed by atoms with Crippen LogP contribution in [0.2, 0.25) is 0 Å². The first kappa shape index (κ1) is 14.3. The predicted molar refractivity (Wildman–Crippen MR) is 90.7 cm³/mol. The van der Waals surface area contributed by atoms with Crippen LogP contribution in [0.1, 0.15) is 5.56 Å². The van der Waals surface area contributed by atoms with Crippen LogP contribution < -0.4 is 5.73 Å². The number of fused-ring (bicyclic) bond motifs is 1. The molecule has 0 unspecified atom stereocenters. The number of hydrogen-bond donors (Lipinski definition) is 1. The minimum absolute atomic E-state index is 0.325. The summed E-state index contributed by atoms with van der Waals surface area (Å²) in [4.78, 5) is 8.38. The standard InChI is InChI=1S/C18H14FN5/c19-14-8-4-7-13(9-14)16-15-17(20)21-11-22-18(15)24(23-16)10-12-5-2-1-3-6-12/h1-9,11H,10H2,(H2,20,21,22). The summed E-state index contributed by atoms with van der Waals surface area (Å²) in [5.74, 6) is 0.00672. The first-order valence-corrected chi connectivity index (χ1v) is 7.49. The average molecular weight is 319 g/mol. The van der Waals surface area contributed by atoms with Crippen LogP contribution >= 0.6 is 0 Å². The Morgan fingerprint density at radius 2 is 1.83 bits per heavy atom. The molecule has 0 atom stereocenters. The van der Waals surface area contributed by atoms with Gasteiger partial charge in [-0.2, -0.15) is 5.10 Å². The van der Waals surface area contributed by atoms with Crippen LogP contribution in [0.15, 0.2) is 60.9 Å². The first-order valence-electron chi connectivity index (χ1n) is 7.49. The van der Waals surface area contributed by atoms with Gasteiger partial charge in [0.15, 0.2) is 5.65 Å². The van der Waals surface area contributed by atoms with Crippen molar-refractivity contribution >= 4 is 16.9 Å². The second kappa shape index (κ2) is 5.73. The second-order valence-corrected chi connectivity index (χ2v) is 5.46. The zero-order valence-electron chi connectivity index (χ0n) is 12.7. The minimum atomic E-state index is -0.325. The van der Waals surface area contributed by atoms with Crippen molar-refractivity contribution in [1.82, 2.24) is 19.7 Å². The van der Waals surface area contributed by atoms with E-state index in [0.29, 0.717) is 34.7 Å². The highest BCUT2D eigenvalue weighted by Gasteiger charge is 2.17. The number of hydrogen-bond acceptors (Lipinski definition) is 4. The molecule has 4 aromatic rings. The van der Waals surface area contributed by atoms with Crippen molar-refractivity contribution in [2.75, 3.05) is 5.73 Å². The monoisotopic (exact) mass is 319 g/mol. The van der Waals surface area contributed by atoms with Gasteiger partial charge >= 0.3 is 0 Å². The largest absolute Gasteiger partial charge is 0.383 e. The minimum Gasteiger partial charge on any atom is -0.383 e. The third-order valence-electron chi connectivity index (χ3n) is 3.83. The van der Waals surface area contributed by atoms with Gasteiger partial charge < -0.3 is 5.73 Å². The van der Waals surface area contributed by atoms with Crippen LogP contribution in [0.3, 0.4) is 0 Å². The lowest BCUT2D eigenvalue weighted by Gasteiger charge is -2.02. The Labute approximate surface area is 137 Å². The van der Waals surface area contributed by atoms with Crippen molar-refractivity contribution in [2.24, 2.45) is 0 Å². The molecule has 0 saturated heterocycles. The van der Waals surface area contributed by atoms with Gasteiger partial charge in [-0.25, -0.2) is 19.0 Å². The number of nitrogen functional groups attached to an aromatic ring is 1. The molecule has 0 spiro atoms. The van der Waals surface area contributed by atoms with Gasteiger partial charge in [0.2, 0.25) is 0 Å². The van der Waals surface area contributed by atoms with Crippen molar-refractivity contribution < 1.29 is 4.39 Å². The number of aromatic nitrogens is 4. The third kappa shape index (κ3) is 2.48. The number of anilines is 1. The summed E-state index contributed by atoms with van der Waals surface area (Å²) in [5.41, 5.74) is 8.99. The van der Waals surface area contributed by atoms with Gasteiger partial charge in [0.1, 0.15) is 23.7 Å². The van der Waals surface area contributed by atoms with Crippen molar-refractivity contribution in [1.29, 1.82) is 0 Å². The summed E-state index contributed by atoms with van der Waals surface area (Å²) in [6, 6.07) is 16.2. The van der Waals surface area contributed by atoms with Crippen LogP contribution in [0, 0.1) is 5.82 Å². The lowest BCUT2D eigenvalue weighted by molar-refractivity contribution is 0.628. The molecule has 4 rings (SSSR count). The van der Waals surface area contributed by atoms with E-state index in [1.165, 1.54) is 18.5 Å². The topological polar surface area (TPSA) is 69.6 Å². The van der Waals surface area contributed by atoms with E-state index in [9.17, 15) is 4.39 Å². The summed E-state index contributed by atoms with van der Waals surface area (Å²) in [6.07, 6.45) is 1.41. The molecule has 0 fully saturated rings. The maximum atomic E-state index is 13.6. The fourth-order valence-electron chi connectivity index (χ4n) is 2.73. The van der Waals surface area contributed by atoms with Crippen molar-refractivity contribution in [3.63, 3.8) is 0 Å². The smallest absolute Gasteiger partial charge is 0.164 e. The molecule has 6 heteroatoms. The summed E-state index contributed by atoms with van der Waals surface area (Å²) < 4.78 is 15.4. The summed E-state index contributed by atoms with van der Waals surface area (Å²) in [7, 11) is 0. The normalized spacial score (nSPS) is 11.0. The Kier molecular flexibility index (Phi) is 3.42. The number of benzene rings is 2. The molecule has 0 amide bonds. The molecule has 2 N–H and O–H groups in total. The Morgan fingerprint density at radius 3 is 2.62 bits per heavy atom. The third-order valence-corrected chi connectivity index (χ3v) is 3.83. The molecule has 2 aromatic carbocycles. The van der Waals surface area contributed by atoms with E-state index >= 15 is 0 Å². The quantitative estimate of drug-likeness (QED) is 0.629. The van der Waals surface area contributed by atoms with E-state index in [-0.39, 0.29) is 5.82 Å². The SMILES string of the molecule is Nc1ncnc2c1c(-c1cccc(F)c1)nn2Cc1ccccc1. The van der Waals surface area contributed by atoms with Crippen molar-refractivity contribution in [3.05, 3.63) is 72.3 Å². The van der Waals surface area contributed by atoms with E-state index in [4.69, 9.17) is 5.73 Å². The summed E-state index contributed by atoms with van der Waals surface area (Å²) in [6.45, 7) is 0.545. The van der Waals surface area contributed by atoms with Gasteiger partial charge in [0.05, 0.1) is 11.9 Å². The number of nitrogens with two attached hydrogens (primary N) is 1. The van der Waals surface area contributed by atoms with E-state index in [2.05, 4.69) is 15.1 Å². The first-order chi connectivity index (χ1) is 11.7. The maximum absolute atomic E-state index is 13.6. The molecule has 0 saturated carbocycles. The predicted octanol–water partition coefficient (Wildman–Crippen LogP) is 3.26. The molecule has 0 aliphatic carbocycles. The van der Waals surface area contributed by atoms with Crippen LogP contribution in [0.25, 0.3) is 22.3 Å². The molecule has 2 heterocycles. The highest BCUT2D eigenvalue weighted by Crippen LogP contribution is 2.30. The fourth-order valence-corrected chi connectivity index (χ4v) is 2.73. The van der Waals surface area contributed by atoms with Gasteiger partial charge in [-0.05, 0) is 17.7 Å². The molecule has 0 aliphatic rings. The second-order valence-electron chi connectivity index (χ2n) is 5.46. The molecule has 24 heavy (non-hydrogen) atoms. The van der Waals surface area contributed by atoms with Gasteiger partial charge in [0, 0.05) is 5.56 Å². The molecule has 5 nitrogen and oxygen atoms in total. The van der Waals surface area contributed by atoms with Crippen molar-refractivity contribution in [2.45, 2.75) is 6.54 Å². The molecule has 0 aliphatic heterocycles. The number of halogens is 1. The molecular weight excluding hydrogens is 305 g/mol. The Balaban J connectivity index is 1.91. The Bertz CT molecular complexity index is 1010. The highest BCUT2D eigenvalue weighted by molar-refractivity contribution is 5.98. The van der Waals surface area contributed by atoms with Gasteiger partial charge in [-0.1, -0.05) is 42.5 Å². The van der Waals surface area contributed by atoms with Gasteiger partial charge in [-0.3, -0.25) is 0 Å². The lowest BCUT2D eigenvalue weighted by atomic mass is 10.1. The molecule has 0 radical (unpaired) electrons. The highest BCUT2D eigenvalue weighted by atomic mass is 19.1. The average Bonchev–Trinajstić information content (AvgIpc) is 2.96. The molecule has 0 bridgehead atoms. The van der Waals surface area contributed by atoms with E-state index in [1.54, 1.807) is 16.8 Å². The van der Waals surface area contributed by atoms with Crippen LogP contribution in [-0.4, -0.2) is 19.7 Å². The van der Waals surface area contributed by atoms with E-state index in [1.807, 2.05) is 30.3 Å². The molecular formula is C18H14FN5. The van der Waals surface area contributed by atoms with Crippen LogP contribution in [0.5, 0.6) is 0 Å². The zero-order valence-corrected chi connectivity index (χ0v) is 12.7. The summed E-state index contributed by atoms with van der Waals surface area (Å²) >= 11 is 0.